The topological polar surface area (TPSA) is 49.4 Å². The number of anilines is 2. The van der Waals surface area contributed by atoms with Crippen LogP contribution in [0.4, 0.5) is 15.8 Å². The van der Waals surface area contributed by atoms with Gasteiger partial charge in [-0.15, -0.1) is 0 Å². The standard InChI is InChI=1S/C17H16BrFN2O2/c1-11-9-13(7-8-14(11)18)21(12(2)22)10-17(23)20-16-6-4-3-5-15(16)19/h3-9H,10H2,1-2H3,(H,20,23). The molecule has 0 unspecified atom stereocenters. The van der Waals surface area contributed by atoms with Gasteiger partial charge in [0, 0.05) is 17.1 Å². The van der Waals surface area contributed by atoms with Crippen molar-refractivity contribution in [2.75, 3.05) is 16.8 Å². The first-order valence-electron chi connectivity index (χ1n) is 6.97. The fraction of sp³-hybridized carbons (Fsp3) is 0.176. The number of aryl methyl sites for hydroxylation is 1. The molecule has 2 rings (SSSR count). The van der Waals surface area contributed by atoms with Gasteiger partial charge in [-0.05, 0) is 42.8 Å². The van der Waals surface area contributed by atoms with E-state index >= 15 is 0 Å². The van der Waals surface area contributed by atoms with Crippen LogP contribution in [0.1, 0.15) is 12.5 Å². The number of halogens is 2. The van der Waals surface area contributed by atoms with Crippen molar-refractivity contribution in [2.45, 2.75) is 13.8 Å². The summed E-state index contributed by atoms with van der Waals surface area (Å²) >= 11 is 3.39. The summed E-state index contributed by atoms with van der Waals surface area (Å²) in [5.41, 5.74) is 1.65. The Hall–Kier alpha value is -2.21. The van der Waals surface area contributed by atoms with E-state index in [0.29, 0.717) is 5.69 Å². The van der Waals surface area contributed by atoms with Crippen molar-refractivity contribution < 1.29 is 14.0 Å². The van der Waals surface area contributed by atoms with E-state index in [0.717, 1.165) is 10.0 Å². The molecule has 0 radical (unpaired) electrons. The van der Waals surface area contributed by atoms with E-state index in [1.807, 2.05) is 19.1 Å². The minimum Gasteiger partial charge on any atom is -0.322 e. The highest BCUT2D eigenvalue weighted by atomic mass is 79.9. The molecule has 120 valence electrons. The molecule has 4 nitrogen and oxygen atoms in total. The van der Waals surface area contributed by atoms with Gasteiger partial charge in [0.2, 0.25) is 11.8 Å². The number of rotatable bonds is 4. The Kier molecular flexibility index (Phi) is 5.50. The molecule has 0 aliphatic rings. The van der Waals surface area contributed by atoms with Gasteiger partial charge < -0.3 is 10.2 Å². The summed E-state index contributed by atoms with van der Waals surface area (Å²) in [6, 6.07) is 11.3. The maximum Gasteiger partial charge on any atom is 0.244 e. The van der Waals surface area contributed by atoms with Gasteiger partial charge in [-0.1, -0.05) is 28.1 Å². The number of hydrogen-bond donors (Lipinski definition) is 1. The van der Waals surface area contributed by atoms with E-state index in [-0.39, 0.29) is 18.1 Å². The first-order valence-corrected chi connectivity index (χ1v) is 7.76. The molecular formula is C17H16BrFN2O2. The summed E-state index contributed by atoms with van der Waals surface area (Å²) in [5.74, 6) is -1.25. The third-order valence-electron chi connectivity index (χ3n) is 3.28. The Labute approximate surface area is 142 Å². The van der Waals surface area contributed by atoms with Crippen molar-refractivity contribution >= 4 is 39.1 Å². The average molecular weight is 379 g/mol. The summed E-state index contributed by atoms with van der Waals surface area (Å²) in [6.07, 6.45) is 0. The van der Waals surface area contributed by atoms with E-state index in [2.05, 4.69) is 21.2 Å². The summed E-state index contributed by atoms with van der Waals surface area (Å²) in [5, 5.41) is 2.47. The zero-order valence-electron chi connectivity index (χ0n) is 12.8. The van der Waals surface area contributed by atoms with Crippen molar-refractivity contribution in [2.24, 2.45) is 0 Å². The molecule has 0 aliphatic carbocycles. The second-order valence-corrected chi connectivity index (χ2v) is 5.92. The second kappa shape index (κ2) is 7.37. The number of nitrogens with one attached hydrogen (secondary N) is 1. The SMILES string of the molecule is CC(=O)N(CC(=O)Nc1ccccc1F)c1ccc(Br)c(C)c1. The van der Waals surface area contributed by atoms with Crippen LogP contribution in [0.2, 0.25) is 0 Å². The highest BCUT2D eigenvalue weighted by molar-refractivity contribution is 9.10. The zero-order chi connectivity index (χ0) is 17.0. The molecule has 2 aromatic rings. The van der Waals surface area contributed by atoms with E-state index in [1.54, 1.807) is 12.1 Å². The first-order chi connectivity index (χ1) is 10.9. The molecule has 0 saturated heterocycles. The quantitative estimate of drug-likeness (QED) is 0.877. The van der Waals surface area contributed by atoms with Crippen LogP contribution in [0.25, 0.3) is 0 Å². The summed E-state index contributed by atoms with van der Waals surface area (Å²) in [4.78, 5) is 25.3. The van der Waals surface area contributed by atoms with Crippen LogP contribution in [-0.2, 0) is 9.59 Å². The first kappa shape index (κ1) is 17.1. The van der Waals surface area contributed by atoms with Crippen molar-refractivity contribution in [3.8, 4) is 0 Å². The van der Waals surface area contributed by atoms with Gasteiger partial charge in [0.25, 0.3) is 0 Å². The Morgan fingerprint density at radius 2 is 1.91 bits per heavy atom. The van der Waals surface area contributed by atoms with Gasteiger partial charge in [-0.25, -0.2) is 4.39 Å². The predicted octanol–water partition coefficient (Wildman–Crippen LogP) is 3.89. The third kappa shape index (κ3) is 4.39. The molecule has 6 heteroatoms. The van der Waals surface area contributed by atoms with Gasteiger partial charge in [0.1, 0.15) is 12.4 Å². The largest absolute Gasteiger partial charge is 0.322 e. The van der Waals surface area contributed by atoms with Crippen LogP contribution < -0.4 is 10.2 Å². The zero-order valence-corrected chi connectivity index (χ0v) is 14.4. The number of amides is 2. The summed E-state index contributed by atoms with van der Waals surface area (Å²) in [6.45, 7) is 3.09. The molecular weight excluding hydrogens is 363 g/mol. The smallest absolute Gasteiger partial charge is 0.244 e. The van der Waals surface area contributed by atoms with Crippen LogP contribution in [0.3, 0.4) is 0 Å². The number of benzene rings is 2. The van der Waals surface area contributed by atoms with Crippen molar-refractivity contribution in [3.63, 3.8) is 0 Å². The minimum absolute atomic E-state index is 0.0907. The lowest BCUT2D eigenvalue weighted by atomic mass is 10.2. The van der Waals surface area contributed by atoms with Gasteiger partial charge >= 0.3 is 0 Å². The van der Waals surface area contributed by atoms with Crippen LogP contribution in [-0.4, -0.2) is 18.4 Å². The fourth-order valence-electron chi connectivity index (χ4n) is 2.08. The summed E-state index contributed by atoms with van der Waals surface area (Å²) in [7, 11) is 0. The van der Waals surface area contributed by atoms with Crippen LogP contribution >= 0.6 is 15.9 Å². The molecule has 1 N–H and O–H groups in total. The lowest BCUT2D eigenvalue weighted by Crippen LogP contribution is -2.36. The van der Waals surface area contributed by atoms with Gasteiger partial charge in [0.15, 0.2) is 0 Å². The molecule has 0 heterocycles. The van der Waals surface area contributed by atoms with E-state index in [9.17, 15) is 14.0 Å². The second-order valence-electron chi connectivity index (χ2n) is 5.07. The maximum absolute atomic E-state index is 13.6. The molecule has 0 saturated carbocycles. The number of hydrogen-bond acceptors (Lipinski definition) is 2. The van der Waals surface area contributed by atoms with Crippen LogP contribution in [0, 0.1) is 12.7 Å². The van der Waals surface area contributed by atoms with Gasteiger partial charge in [-0.2, -0.15) is 0 Å². The van der Waals surface area contributed by atoms with E-state index in [4.69, 9.17) is 0 Å². The molecule has 23 heavy (non-hydrogen) atoms. The average Bonchev–Trinajstić information content (AvgIpc) is 2.50. The molecule has 0 bridgehead atoms. The van der Waals surface area contributed by atoms with E-state index < -0.39 is 11.7 Å². The van der Waals surface area contributed by atoms with Crippen LogP contribution in [0.5, 0.6) is 0 Å². The Bertz CT molecular complexity index is 749. The van der Waals surface area contributed by atoms with Gasteiger partial charge in [0.05, 0.1) is 5.69 Å². The van der Waals surface area contributed by atoms with Crippen molar-refractivity contribution in [1.29, 1.82) is 0 Å². The molecule has 2 amide bonds. The highest BCUT2D eigenvalue weighted by Crippen LogP contribution is 2.23. The monoisotopic (exact) mass is 378 g/mol. The minimum atomic E-state index is -0.519. The Balaban J connectivity index is 2.16. The van der Waals surface area contributed by atoms with Gasteiger partial charge in [-0.3, -0.25) is 9.59 Å². The molecule has 2 aromatic carbocycles. The molecule has 0 spiro atoms. The Morgan fingerprint density at radius 1 is 1.22 bits per heavy atom. The maximum atomic E-state index is 13.6. The van der Waals surface area contributed by atoms with Crippen molar-refractivity contribution in [1.82, 2.24) is 0 Å². The molecule has 0 aliphatic heterocycles. The number of para-hydroxylation sites is 1. The Morgan fingerprint density at radius 3 is 2.52 bits per heavy atom. The molecule has 0 atom stereocenters. The number of carbonyl (C=O) groups excluding carboxylic acids is 2. The molecule has 0 fully saturated rings. The fourth-order valence-corrected chi connectivity index (χ4v) is 2.32. The lowest BCUT2D eigenvalue weighted by molar-refractivity contribution is -0.120. The number of carbonyl (C=O) groups is 2. The normalized spacial score (nSPS) is 10.3. The number of nitrogens with zero attached hydrogens (tertiary/aromatic N) is 1. The highest BCUT2D eigenvalue weighted by Gasteiger charge is 2.17. The van der Waals surface area contributed by atoms with Crippen molar-refractivity contribution in [3.05, 3.63) is 58.3 Å². The lowest BCUT2D eigenvalue weighted by Gasteiger charge is -2.21. The van der Waals surface area contributed by atoms with Crippen LogP contribution in [0.15, 0.2) is 46.9 Å². The predicted molar refractivity (Wildman–Crippen MR) is 91.9 cm³/mol. The van der Waals surface area contributed by atoms with E-state index in [1.165, 1.54) is 30.0 Å². The summed E-state index contributed by atoms with van der Waals surface area (Å²) < 4.78 is 14.5. The molecule has 0 aromatic heterocycles. The third-order valence-corrected chi connectivity index (χ3v) is 4.17.